The molecule has 0 fully saturated rings. The third-order valence-electron chi connectivity index (χ3n) is 0.541. The maximum Gasteiger partial charge on any atom is 0.0626 e. The lowest BCUT2D eigenvalue weighted by atomic mass is 10.5. The van der Waals surface area contributed by atoms with Gasteiger partial charge in [-0.2, -0.15) is 0 Å². The van der Waals surface area contributed by atoms with Crippen LogP contribution in [-0.4, -0.2) is 24.5 Å². The van der Waals surface area contributed by atoms with Crippen LogP contribution in [0.5, 0.6) is 0 Å². The average molecular weight is 101 g/mol. The molecule has 0 aliphatic carbocycles. The first-order valence-electron chi connectivity index (χ1n) is 2.51. The first-order chi connectivity index (χ1) is 3.41. The number of aliphatic hydroxyl groups excluding tert-OH is 1. The molecule has 0 aromatic rings. The van der Waals surface area contributed by atoms with Gasteiger partial charge in [0.1, 0.15) is 0 Å². The van der Waals surface area contributed by atoms with Crippen LogP contribution in [0, 0.1) is 0 Å². The maximum absolute atomic E-state index is 8.18. The number of hydrogen-bond acceptors (Lipinski definition) is 2. The zero-order chi connectivity index (χ0) is 5.54. The minimum absolute atomic E-state index is 0.163. The van der Waals surface area contributed by atoms with Crippen LogP contribution in [-0.2, 0) is 0 Å². The number of aliphatic imine (C=N–C) groups is 1. The van der Waals surface area contributed by atoms with Gasteiger partial charge in [0.2, 0.25) is 0 Å². The van der Waals surface area contributed by atoms with Crippen LogP contribution in [0.25, 0.3) is 0 Å². The Bertz CT molecular complexity index is 52.0. The van der Waals surface area contributed by atoms with Crippen LogP contribution in [0.4, 0.5) is 0 Å². The molecule has 0 spiro atoms. The van der Waals surface area contributed by atoms with Gasteiger partial charge in [0, 0.05) is 0 Å². The Hall–Kier alpha value is -0.370. The summed E-state index contributed by atoms with van der Waals surface area (Å²) < 4.78 is 0. The van der Waals surface area contributed by atoms with E-state index in [9.17, 15) is 0 Å². The largest absolute Gasteiger partial charge is 0.394 e. The third-order valence-corrected chi connectivity index (χ3v) is 0.541. The molecule has 0 amide bonds. The average Bonchev–Trinajstić information content (AvgIpc) is 1.69. The fourth-order valence-corrected chi connectivity index (χ4v) is 0.278. The summed E-state index contributed by atoms with van der Waals surface area (Å²) in [6.45, 7) is 2.73. The number of rotatable bonds is 3. The normalized spacial score (nSPS) is 10.6. The molecule has 0 saturated carbocycles. The van der Waals surface area contributed by atoms with Crippen molar-refractivity contribution < 1.29 is 5.11 Å². The van der Waals surface area contributed by atoms with Gasteiger partial charge in [0.15, 0.2) is 0 Å². The number of aliphatic hydroxyl groups is 1. The highest BCUT2D eigenvalue weighted by Crippen LogP contribution is 1.68. The summed E-state index contributed by atoms with van der Waals surface area (Å²) in [5.41, 5.74) is 0. The molecule has 1 N–H and O–H groups in total. The van der Waals surface area contributed by atoms with E-state index in [2.05, 4.69) is 4.99 Å². The smallest absolute Gasteiger partial charge is 0.0626 e. The van der Waals surface area contributed by atoms with Gasteiger partial charge in [-0.25, -0.2) is 0 Å². The summed E-state index contributed by atoms with van der Waals surface area (Å²) in [5, 5.41) is 8.18. The predicted molar refractivity (Wildman–Crippen MR) is 30.7 cm³/mol. The molecule has 0 heterocycles. The Morgan fingerprint density at radius 1 is 1.71 bits per heavy atom. The Morgan fingerprint density at radius 3 is 2.86 bits per heavy atom. The molecule has 0 unspecified atom stereocenters. The second-order valence-corrected chi connectivity index (χ2v) is 1.22. The summed E-state index contributed by atoms with van der Waals surface area (Å²) in [4.78, 5) is 3.83. The first-order valence-corrected chi connectivity index (χ1v) is 2.51. The van der Waals surface area contributed by atoms with Crippen molar-refractivity contribution >= 4 is 6.21 Å². The lowest BCUT2D eigenvalue weighted by molar-refractivity contribution is 0.307. The molecule has 0 rings (SSSR count). The van der Waals surface area contributed by atoms with Gasteiger partial charge in [0.05, 0.1) is 13.2 Å². The lowest BCUT2D eigenvalue weighted by Gasteiger charge is -1.80. The minimum atomic E-state index is 0.163. The zero-order valence-electron chi connectivity index (χ0n) is 4.59. The first kappa shape index (κ1) is 6.63. The molecule has 0 saturated heterocycles. The second kappa shape index (κ2) is 5.63. The second-order valence-electron chi connectivity index (χ2n) is 1.22. The van der Waals surface area contributed by atoms with E-state index in [0.717, 1.165) is 6.42 Å². The molecule has 0 aromatic carbocycles. The fourth-order valence-electron chi connectivity index (χ4n) is 0.278. The van der Waals surface area contributed by atoms with Crippen molar-refractivity contribution in [2.75, 3.05) is 13.2 Å². The molecule has 2 nitrogen and oxygen atoms in total. The Balaban J connectivity index is 2.78. The van der Waals surface area contributed by atoms with E-state index < -0.39 is 0 Å². The van der Waals surface area contributed by atoms with Crippen molar-refractivity contribution in [2.45, 2.75) is 13.3 Å². The van der Waals surface area contributed by atoms with Gasteiger partial charge in [-0.3, -0.25) is 4.99 Å². The van der Waals surface area contributed by atoms with Crippen molar-refractivity contribution in [3.63, 3.8) is 0 Å². The topological polar surface area (TPSA) is 32.6 Å². The van der Waals surface area contributed by atoms with E-state index in [1.165, 1.54) is 0 Å². The van der Waals surface area contributed by atoms with Gasteiger partial charge in [0.25, 0.3) is 0 Å². The summed E-state index contributed by atoms with van der Waals surface area (Å²) in [5.74, 6) is 0. The SMILES string of the molecule is CCC=NCCO. The molecule has 0 radical (unpaired) electrons. The monoisotopic (exact) mass is 101 g/mol. The number of hydrogen-bond donors (Lipinski definition) is 1. The molecule has 42 valence electrons. The molecule has 0 aliphatic heterocycles. The van der Waals surface area contributed by atoms with Crippen molar-refractivity contribution in [2.24, 2.45) is 4.99 Å². The van der Waals surface area contributed by atoms with E-state index in [4.69, 9.17) is 5.11 Å². The van der Waals surface area contributed by atoms with E-state index >= 15 is 0 Å². The highest BCUT2D eigenvalue weighted by atomic mass is 16.3. The van der Waals surface area contributed by atoms with Gasteiger partial charge in [-0.1, -0.05) is 6.92 Å². The van der Waals surface area contributed by atoms with Crippen molar-refractivity contribution in [3.05, 3.63) is 0 Å². The third kappa shape index (κ3) is 5.63. The quantitative estimate of drug-likeness (QED) is 0.515. The maximum atomic E-state index is 8.18. The summed E-state index contributed by atoms with van der Waals surface area (Å²) >= 11 is 0. The minimum Gasteiger partial charge on any atom is -0.394 e. The van der Waals surface area contributed by atoms with Crippen LogP contribution in [0.1, 0.15) is 13.3 Å². The Morgan fingerprint density at radius 2 is 2.43 bits per heavy atom. The van der Waals surface area contributed by atoms with Crippen molar-refractivity contribution in [1.29, 1.82) is 0 Å². The van der Waals surface area contributed by atoms with Crippen LogP contribution >= 0.6 is 0 Å². The molecule has 0 atom stereocenters. The molecular weight excluding hydrogens is 90.1 g/mol. The van der Waals surface area contributed by atoms with Crippen LogP contribution in [0.3, 0.4) is 0 Å². The summed E-state index contributed by atoms with van der Waals surface area (Å²) in [6, 6.07) is 0. The molecule has 2 heteroatoms. The number of nitrogens with zero attached hydrogens (tertiary/aromatic N) is 1. The highest BCUT2D eigenvalue weighted by Gasteiger charge is 1.69. The molecule has 7 heavy (non-hydrogen) atoms. The van der Waals surface area contributed by atoms with E-state index in [1.54, 1.807) is 6.21 Å². The molecule has 0 aliphatic rings. The molecular formula is C5H11NO. The van der Waals surface area contributed by atoms with Crippen LogP contribution in [0.15, 0.2) is 4.99 Å². The summed E-state index contributed by atoms with van der Waals surface area (Å²) in [7, 11) is 0. The van der Waals surface area contributed by atoms with E-state index in [1.807, 2.05) is 6.92 Å². The lowest BCUT2D eigenvalue weighted by Crippen LogP contribution is -1.86. The van der Waals surface area contributed by atoms with Crippen molar-refractivity contribution in [1.82, 2.24) is 0 Å². The van der Waals surface area contributed by atoms with Gasteiger partial charge >= 0.3 is 0 Å². The predicted octanol–water partition coefficient (Wildman–Crippen LogP) is 0.460. The van der Waals surface area contributed by atoms with Crippen molar-refractivity contribution in [3.8, 4) is 0 Å². The van der Waals surface area contributed by atoms with E-state index in [0.29, 0.717) is 6.54 Å². The molecule has 0 bridgehead atoms. The Kier molecular flexibility index (Phi) is 5.33. The van der Waals surface area contributed by atoms with E-state index in [-0.39, 0.29) is 6.61 Å². The summed E-state index contributed by atoms with van der Waals surface area (Å²) in [6.07, 6.45) is 2.76. The van der Waals surface area contributed by atoms with Crippen LogP contribution < -0.4 is 0 Å². The van der Waals surface area contributed by atoms with Gasteiger partial charge in [-0.15, -0.1) is 0 Å². The zero-order valence-corrected chi connectivity index (χ0v) is 4.59. The van der Waals surface area contributed by atoms with Crippen LogP contribution in [0.2, 0.25) is 0 Å². The van der Waals surface area contributed by atoms with Gasteiger partial charge in [-0.05, 0) is 12.6 Å². The Labute approximate surface area is 43.9 Å². The molecule has 0 aromatic heterocycles. The standard InChI is InChI=1S/C5H11NO/c1-2-3-6-4-5-7/h3,7H,2,4-5H2,1H3. The fraction of sp³-hybridized carbons (Fsp3) is 0.800. The van der Waals surface area contributed by atoms with Gasteiger partial charge < -0.3 is 5.11 Å². The highest BCUT2D eigenvalue weighted by molar-refractivity contribution is 5.56.